The molecule has 0 N–H and O–H groups in total. The second-order valence-electron chi connectivity index (χ2n) is 5.57. The van der Waals surface area contributed by atoms with Gasteiger partial charge >= 0.3 is 0 Å². The topological polar surface area (TPSA) is 0 Å². The average molecular weight is 319 g/mol. The van der Waals surface area contributed by atoms with E-state index in [-0.39, 0.29) is 0 Å². The van der Waals surface area contributed by atoms with Crippen molar-refractivity contribution in [1.82, 2.24) is 0 Å². The van der Waals surface area contributed by atoms with E-state index in [1.54, 1.807) is 0 Å². The summed E-state index contributed by atoms with van der Waals surface area (Å²) in [7, 11) is 0. The molecule has 0 aliphatic heterocycles. The molecule has 0 radical (unpaired) electrons. The van der Waals surface area contributed by atoms with Crippen molar-refractivity contribution in [1.29, 1.82) is 0 Å². The molecule has 2 heteroatoms. The number of benzene rings is 4. The minimum absolute atomic E-state index is 0.836. The second kappa shape index (κ2) is 4.45. The molecule has 1 heterocycles. The quantitative estimate of drug-likeness (QED) is 0.269. The number of hydrogen-bond donors (Lipinski definition) is 0. The van der Waals surface area contributed by atoms with E-state index < -0.39 is 0 Å². The van der Waals surface area contributed by atoms with E-state index in [1.807, 2.05) is 23.5 Å². The molecule has 5 rings (SSSR count). The van der Waals surface area contributed by atoms with Crippen molar-refractivity contribution in [3.05, 3.63) is 71.8 Å². The Morgan fingerprint density at radius 1 is 0.636 bits per heavy atom. The minimum atomic E-state index is 0.836. The third-order valence-electron chi connectivity index (χ3n) is 4.31. The molecule has 0 fully saturated rings. The van der Waals surface area contributed by atoms with Crippen molar-refractivity contribution >= 4 is 64.7 Å². The molecule has 0 atom stereocenters. The van der Waals surface area contributed by atoms with Crippen LogP contribution in [0.15, 0.2) is 66.7 Å². The standard InChI is InChI=1S/C20H11ClS/c21-17-6-3-7-18-20(17)16-11-15-13(10-19(16)22-18)9-8-12-4-1-2-5-14(12)15/h1-11H. The predicted octanol–water partition coefficient (Wildman–Crippen LogP) is 7.01. The van der Waals surface area contributed by atoms with E-state index in [0.29, 0.717) is 0 Å². The minimum Gasteiger partial charge on any atom is -0.135 e. The lowest BCUT2D eigenvalue weighted by atomic mass is 10.00. The lowest BCUT2D eigenvalue weighted by molar-refractivity contribution is 1.80. The molecule has 0 nitrogen and oxygen atoms in total. The molecular weight excluding hydrogens is 308 g/mol. The Kier molecular flexibility index (Phi) is 2.52. The van der Waals surface area contributed by atoms with Gasteiger partial charge in [0.1, 0.15) is 0 Å². The number of halogens is 1. The van der Waals surface area contributed by atoms with Gasteiger partial charge < -0.3 is 0 Å². The summed E-state index contributed by atoms with van der Waals surface area (Å²) < 4.78 is 2.55. The van der Waals surface area contributed by atoms with E-state index in [1.165, 1.54) is 41.7 Å². The van der Waals surface area contributed by atoms with Crippen LogP contribution in [0, 0.1) is 0 Å². The summed E-state index contributed by atoms with van der Waals surface area (Å²) in [4.78, 5) is 0. The van der Waals surface area contributed by atoms with Gasteiger partial charge in [-0.05, 0) is 45.8 Å². The molecule has 4 aromatic carbocycles. The predicted molar refractivity (Wildman–Crippen MR) is 99.4 cm³/mol. The van der Waals surface area contributed by atoms with Gasteiger partial charge in [0, 0.05) is 25.2 Å². The van der Waals surface area contributed by atoms with Gasteiger partial charge in [-0.1, -0.05) is 54.1 Å². The van der Waals surface area contributed by atoms with Crippen LogP contribution in [0.25, 0.3) is 41.7 Å². The van der Waals surface area contributed by atoms with E-state index in [0.717, 1.165) is 5.02 Å². The molecule has 0 aliphatic carbocycles. The molecule has 0 amide bonds. The summed E-state index contributed by atoms with van der Waals surface area (Å²) in [5, 5.41) is 8.43. The zero-order valence-electron chi connectivity index (χ0n) is 11.6. The Bertz CT molecular complexity index is 1180. The Morgan fingerprint density at radius 3 is 2.45 bits per heavy atom. The van der Waals surface area contributed by atoms with Crippen LogP contribution in [-0.4, -0.2) is 0 Å². The maximum absolute atomic E-state index is 6.45. The van der Waals surface area contributed by atoms with Gasteiger partial charge in [-0.2, -0.15) is 0 Å². The lowest BCUT2D eigenvalue weighted by Gasteiger charge is -2.04. The highest BCUT2D eigenvalue weighted by atomic mass is 35.5. The normalized spacial score (nSPS) is 11.9. The highest BCUT2D eigenvalue weighted by Crippen LogP contribution is 2.40. The van der Waals surface area contributed by atoms with Crippen LogP contribution in [0.3, 0.4) is 0 Å². The first-order valence-corrected chi connectivity index (χ1v) is 8.43. The Balaban J connectivity index is 2.06. The van der Waals surface area contributed by atoms with Crippen molar-refractivity contribution in [3.63, 3.8) is 0 Å². The summed E-state index contributed by atoms with van der Waals surface area (Å²) in [5.74, 6) is 0. The van der Waals surface area contributed by atoms with Crippen molar-refractivity contribution in [2.24, 2.45) is 0 Å². The smallest absolute Gasteiger partial charge is 0.0499 e. The van der Waals surface area contributed by atoms with Crippen LogP contribution in [0.4, 0.5) is 0 Å². The van der Waals surface area contributed by atoms with Crippen molar-refractivity contribution in [2.45, 2.75) is 0 Å². The van der Waals surface area contributed by atoms with Gasteiger partial charge in [-0.15, -0.1) is 11.3 Å². The van der Waals surface area contributed by atoms with Crippen LogP contribution >= 0.6 is 22.9 Å². The molecule has 0 unspecified atom stereocenters. The highest BCUT2D eigenvalue weighted by molar-refractivity contribution is 7.26. The van der Waals surface area contributed by atoms with Crippen LogP contribution in [0.5, 0.6) is 0 Å². The molecule has 0 saturated heterocycles. The number of fused-ring (bicyclic) bond motifs is 6. The fraction of sp³-hybridized carbons (Fsp3) is 0. The van der Waals surface area contributed by atoms with Crippen LogP contribution < -0.4 is 0 Å². The molecule has 0 bridgehead atoms. The highest BCUT2D eigenvalue weighted by Gasteiger charge is 2.10. The summed E-state index contributed by atoms with van der Waals surface area (Å²) in [6.07, 6.45) is 0. The van der Waals surface area contributed by atoms with Gasteiger partial charge in [0.25, 0.3) is 0 Å². The number of rotatable bonds is 0. The molecule has 0 saturated carbocycles. The maximum atomic E-state index is 6.45. The van der Waals surface area contributed by atoms with Crippen molar-refractivity contribution in [3.8, 4) is 0 Å². The van der Waals surface area contributed by atoms with Gasteiger partial charge in [0.2, 0.25) is 0 Å². The maximum Gasteiger partial charge on any atom is 0.0499 e. The molecule has 104 valence electrons. The van der Waals surface area contributed by atoms with Gasteiger partial charge in [0.15, 0.2) is 0 Å². The first-order chi connectivity index (χ1) is 10.8. The van der Waals surface area contributed by atoms with Crippen molar-refractivity contribution < 1.29 is 0 Å². The summed E-state index contributed by atoms with van der Waals surface area (Å²) >= 11 is 8.27. The Morgan fingerprint density at radius 2 is 1.50 bits per heavy atom. The van der Waals surface area contributed by atoms with Gasteiger partial charge in [-0.25, -0.2) is 0 Å². The summed E-state index contributed by atoms with van der Waals surface area (Å²) in [6, 6.07) is 23.7. The molecule has 0 spiro atoms. The fourth-order valence-corrected chi connectivity index (χ4v) is 4.78. The van der Waals surface area contributed by atoms with Gasteiger partial charge in [-0.3, -0.25) is 0 Å². The second-order valence-corrected chi connectivity index (χ2v) is 7.06. The fourth-order valence-electron chi connectivity index (χ4n) is 3.28. The zero-order valence-corrected chi connectivity index (χ0v) is 13.2. The Labute approximate surface area is 136 Å². The Hall–Kier alpha value is -2.09. The first kappa shape index (κ1) is 12.5. The molecule has 0 aliphatic rings. The van der Waals surface area contributed by atoms with E-state index in [9.17, 15) is 0 Å². The number of thiophene rings is 1. The molecule has 5 aromatic rings. The summed E-state index contributed by atoms with van der Waals surface area (Å²) in [6.45, 7) is 0. The monoisotopic (exact) mass is 318 g/mol. The molecular formula is C20H11ClS. The third-order valence-corrected chi connectivity index (χ3v) is 5.74. The van der Waals surface area contributed by atoms with Crippen LogP contribution in [0.1, 0.15) is 0 Å². The molecule has 1 aromatic heterocycles. The van der Waals surface area contributed by atoms with Crippen molar-refractivity contribution in [2.75, 3.05) is 0 Å². The summed E-state index contributed by atoms with van der Waals surface area (Å²) in [5.41, 5.74) is 0. The van der Waals surface area contributed by atoms with Gasteiger partial charge in [0.05, 0.1) is 0 Å². The number of hydrogen-bond acceptors (Lipinski definition) is 1. The van der Waals surface area contributed by atoms with E-state index in [2.05, 4.69) is 54.6 Å². The van der Waals surface area contributed by atoms with E-state index >= 15 is 0 Å². The van der Waals surface area contributed by atoms with Crippen LogP contribution in [-0.2, 0) is 0 Å². The average Bonchev–Trinajstić information content (AvgIpc) is 2.91. The van der Waals surface area contributed by atoms with Crippen LogP contribution in [0.2, 0.25) is 5.02 Å². The first-order valence-electron chi connectivity index (χ1n) is 7.23. The molecule has 22 heavy (non-hydrogen) atoms. The van der Waals surface area contributed by atoms with E-state index in [4.69, 9.17) is 11.6 Å². The largest absolute Gasteiger partial charge is 0.135 e. The lowest BCUT2D eigenvalue weighted by Crippen LogP contribution is -1.77. The zero-order chi connectivity index (χ0) is 14.7. The SMILES string of the molecule is Clc1cccc2sc3cc4ccc5ccccc5c4cc3c12. The third kappa shape index (κ3) is 1.64.